The summed E-state index contributed by atoms with van der Waals surface area (Å²) in [5.41, 5.74) is 4.90. The number of halogens is 2. The van der Waals surface area contributed by atoms with Gasteiger partial charge in [0.05, 0.1) is 6.04 Å². The predicted molar refractivity (Wildman–Crippen MR) is 65.1 cm³/mol. The lowest BCUT2D eigenvalue weighted by atomic mass is 10.1. The van der Waals surface area contributed by atoms with Crippen LogP contribution in [0.15, 0.2) is 18.2 Å². The van der Waals surface area contributed by atoms with Crippen molar-refractivity contribution in [3.05, 3.63) is 35.4 Å². The Kier molecular flexibility index (Phi) is 4.94. The highest BCUT2D eigenvalue weighted by Crippen LogP contribution is 2.18. The summed E-state index contributed by atoms with van der Waals surface area (Å²) in [5, 5.41) is 4.64. The van der Waals surface area contributed by atoms with E-state index in [0.717, 1.165) is 18.2 Å². The Hall–Kier alpha value is -2.02. The van der Waals surface area contributed by atoms with Gasteiger partial charge < -0.3 is 5.73 Å². The second-order valence-corrected chi connectivity index (χ2v) is 4.13. The number of carbonyl (C=O) groups is 2. The number of hydrogen-bond acceptors (Lipinski definition) is 3. The van der Waals surface area contributed by atoms with Crippen LogP contribution in [-0.4, -0.2) is 18.0 Å². The van der Waals surface area contributed by atoms with Crippen LogP contribution in [0.3, 0.4) is 0 Å². The molecule has 0 aliphatic rings. The summed E-state index contributed by atoms with van der Waals surface area (Å²) in [6.45, 7) is 3.05. The molecule has 1 aromatic rings. The number of amides is 3. The van der Waals surface area contributed by atoms with E-state index in [1.165, 1.54) is 6.92 Å². The van der Waals surface area contributed by atoms with Crippen molar-refractivity contribution in [2.45, 2.75) is 25.9 Å². The van der Waals surface area contributed by atoms with Crippen LogP contribution in [0.4, 0.5) is 13.6 Å². The van der Waals surface area contributed by atoms with E-state index in [-0.39, 0.29) is 5.56 Å². The van der Waals surface area contributed by atoms with Crippen LogP contribution in [0.2, 0.25) is 0 Å². The zero-order chi connectivity index (χ0) is 14.6. The lowest BCUT2D eigenvalue weighted by molar-refractivity contribution is -0.121. The average molecular weight is 271 g/mol. The van der Waals surface area contributed by atoms with E-state index in [1.54, 1.807) is 6.92 Å². The maximum atomic E-state index is 13.5. The topological polar surface area (TPSA) is 84.2 Å². The lowest BCUT2D eigenvalue weighted by Gasteiger charge is -2.19. The number of carbonyl (C=O) groups excluding carboxylic acids is 2. The molecule has 0 spiro atoms. The third-order valence-corrected chi connectivity index (χ3v) is 2.56. The van der Waals surface area contributed by atoms with E-state index in [4.69, 9.17) is 5.73 Å². The van der Waals surface area contributed by atoms with Gasteiger partial charge in [-0.3, -0.25) is 15.4 Å². The highest BCUT2D eigenvalue weighted by molar-refractivity contribution is 5.96. The van der Waals surface area contributed by atoms with Crippen molar-refractivity contribution < 1.29 is 18.4 Å². The van der Waals surface area contributed by atoms with Crippen LogP contribution >= 0.6 is 0 Å². The Bertz CT molecular complexity index is 494. The molecule has 0 aliphatic heterocycles. The highest BCUT2D eigenvalue weighted by atomic mass is 19.1. The number of nitrogens with two attached hydrogens (primary N) is 1. The fraction of sp³-hybridized carbons (Fsp3) is 0.333. The van der Waals surface area contributed by atoms with Crippen molar-refractivity contribution >= 4 is 11.9 Å². The monoisotopic (exact) mass is 271 g/mol. The molecule has 0 aliphatic carbocycles. The lowest BCUT2D eigenvalue weighted by Crippen LogP contribution is -2.47. The zero-order valence-corrected chi connectivity index (χ0v) is 10.5. The molecule has 0 aromatic heterocycles. The van der Waals surface area contributed by atoms with Gasteiger partial charge in [0.15, 0.2) is 0 Å². The molecule has 0 radical (unpaired) electrons. The third-order valence-electron chi connectivity index (χ3n) is 2.56. The largest absolute Gasteiger partial charge is 0.351 e. The first kappa shape index (κ1) is 15.0. The molecule has 1 aromatic carbocycles. The molecule has 0 heterocycles. The molecular weight excluding hydrogens is 256 g/mol. The number of primary amides is 1. The summed E-state index contributed by atoms with van der Waals surface area (Å²) in [5.74, 6) is -1.79. The van der Waals surface area contributed by atoms with E-state index in [1.807, 2.05) is 5.32 Å². The van der Waals surface area contributed by atoms with E-state index < -0.39 is 35.7 Å². The fourth-order valence-corrected chi connectivity index (χ4v) is 1.62. The SMILES string of the molecule is CC(NC(C)c1cc(F)ccc1F)C(=O)NC(N)=O. The van der Waals surface area contributed by atoms with Gasteiger partial charge in [-0.15, -0.1) is 0 Å². The van der Waals surface area contributed by atoms with Crippen molar-refractivity contribution in [2.75, 3.05) is 0 Å². The van der Waals surface area contributed by atoms with Crippen LogP contribution in [0.25, 0.3) is 0 Å². The Morgan fingerprint density at radius 3 is 2.47 bits per heavy atom. The number of imide groups is 1. The van der Waals surface area contributed by atoms with Crippen LogP contribution in [0.1, 0.15) is 25.5 Å². The minimum Gasteiger partial charge on any atom is -0.351 e. The standard InChI is InChI=1S/C12H15F2N3O2/c1-6(9-5-8(13)3-4-10(9)14)16-7(2)11(18)17-12(15)19/h3-7,16H,1-2H3,(H3,15,17,18,19). The van der Waals surface area contributed by atoms with E-state index >= 15 is 0 Å². The maximum Gasteiger partial charge on any atom is 0.318 e. The molecule has 5 nitrogen and oxygen atoms in total. The molecule has 0 bridgehead atoms. The predicted octanol–water partition coefficient (Wildman–Crippen LogP) is 1.20. The van der Waals surface area contributed by atoms with Crippen molar-refractivity contribution in [3.8, 4) is 0 Å². The molecule has 3 amide bonds. The fourth-order valence-electron chi connectivity index (χ4n) is 1.62. The summed E-state index contributed by atoms with van der Waals surface area (Å²) in [7, 11) is 0. The van der Waals surface area contributed by atoms with Crippen molar-refractivity contribution in [2.24, 2.45) is 5.73 Å². The van der Waals surface area contributed by atoms with Gasteiger partial charge in [0.1, 0.15) is 11.6 Å². The molecule has 19 heavy (non-hydrogen) atoms. The first-order valence-corrected chi connectivity index (χ1v) is 5.62. The number of nitrogens with one attached hydrogen (secondary N) is 2. The van der Waals surface area contributed by atoms with E-state index in [9.17, 15) is 18.4 Å². The number of hydrogen-bond donors (Lipinski definition) is 3. The van der Waals surface area contributed by atoms with Crippen LogP contribution < -0.4 is 16.4 Å². The van der Waals surface area contributed by atoms with Gasteiger partial charge in [0.2, 0.25) is 5.91 Å². The Balaban J connectivity index is 2.73. The molecular formula is C12H15F2N3O2. The van der Waals surface area contributed by atoms with Gasteiger partial charge in [-0.1, -0.05) is 0 Å². The average Bonchev–Trinajstić information content (AvgIpc) is 2.31. The van der Waals surface area contributed by atoms with Crippen LogP contribution in [0, 0.1) is 11.6 Å². The van der Waals surface area contributed by atoms with E-state index in [0.29, 0.717) is 0 Å². The van der Waals surface area contributed by atoms with Gasteiger partial charge in [0.25, 0.3) is 0 Å². The molecule has 0 fully saturated rings. The molecule has 1 rings (SSSR count). The van der Waals surface area contributed by atoms with E-state index in [2.05, 4.69) is 5.32 Å². The summed E-state index contributed by atoms with van der Waals surface area (Å²) < 4.78 is 26.5. The molecule has 0 saturated heterocycles. The van der Waals surface area contributed by atoms with Crippen molar-refractivity contribution in [1.29, 1.82) is 0 Å². The first-order chi connectivity index (χ1) is 8.81. The second kappa shape index (κ2) is 6.24. The van der Waals surface area contributed by atoms with Gasteiger partial charge in [-0.05, 0) is 32.0 Å². The smallest absolute Gasteiger partial charge is 0.318 e. The Morgan fingerprint density at radius 2 is 1.89 bits per heavy atom. The quantitative estimate of drug-likeness (QED) is 0.769. The maximum absolute atomic E-state index is 13.5. The van der Waals surface area contributed by atoms with Crippen LogP contribution in [0.5, 0.6) is 0 Å². The summed E-state index contributed by atoms with van der Waals surface area (Å²) >= 11 is 0. The number of benzene rings is 1. The summed E-state index contributed by atoms with van der Waals surface area (Å²) in [6.07, 6.45) is 0. The molecule has 7 heteroatoms. The number of urea groups is 1. The number of rotatable bonds is 4. The summed E-state index contributed by atoms with van der Waals surface area (Å²) in [4.78, 5) is 22.0. The van der Waals surface area contributed by atoms with Crippen molar-refractivity contribution in [1.82, 2.24) is 10.6 Å². The molecule has 0 saturated carbocycles. The molecule has 2 unspecified atom stereocenters. The summed E-state index contributed by atoms with van der Waals surface area (Å²) in [6, 6.07) is 0.704. The molecule has 2 atom stereocenters. The second-order valence-electron chi connectivity index (χ2n) is 4.13. The third kappa shape index (κ3) is 4.29. The van der Waals surface area contributed by atoms with Crippen LogP contribution in [-0.2, 0) is 4.79 Å². The molecule has 104 valence electrons. The Labute approximate surface area is 109 Å². The van der Waals surface area contributed by atoms with Gasteiger partial charge in [-0.25, -0.2) is 13.6 Å². The molecule has 4 N–H and O–H groups in total. The minimum atomic E-state index is -0.969. The van der Waals surface area contributed by atoms with Gasteiger partial charge in [-0.2, -0.15) is 0 Å². The zero-order valence-electron chi connectivity index (χ0n) is 10.5. The Morgan fingerprint density at radius 1 is 1.26 bits per heavy atom. The first-order valence-electron chi connectivity index (χ1n) is 5.62. The van der Waals surface area contributed by atoms with Crippen molar-refractivity contribution in [3.63, 3.8) is 0 Å². The van der Waals surface area contributed by atoms with Gasteiger partial charge >= 0.3 is 6.03 Å². The normalized spacial score (nSPS) is 13.7. The van der Waals surface area contributed by atoms with Gasteiger partial charge in [0, 0.05) is 11.6 Å². The highest BCUT2D eigenvalue weighted by Gasteiger charge is 2.19. The minimum absolute atomic E-state index is 0.0960.